The van der Waals surface area contributed by atoms with Crippen molar-refractivity contribution in [3.8, 4) is 17.3 Å². The molecule has 0 N–H and O–H groups in total. The molecule has 1 aliphatic heterocycles. The Morgan fingerprint density at radius 3 is 2.76 bits per heavy atom. The van der Waals surface area contributed by atoms with Gasteiger partial charge in [0.05, 0.1) is 24.5 Å². The van der Waals surface area contributed by atoms with Crippen molar-refractivity contribution in [1.82, 2.24) is 15.1 Å². The van der Waals surface area contributed by atoms with Crippen LogP contribution in [0.4, 0.5) is 10.1 Å². The van der Waals surface area contributed by atoms with Crippen LogP contribution in [0.15, 0.2) is 34.9 Å². The molecule has 2 aromatic heterocycles. The molecule has 4 atom stereocenters. The summed E-state index contributed by atoms with van der Waals surface area (Å²) in [6.45, 7) is 1.70. The minimum Gasteiger partial charge on any atom is -0.376 e. The molecule has 3 heterocycles. The number of aromatic nitrogens is 3. The zero-order chi connectivity index (χ0) is 31.0. The quantitative estimate of drug-likeness (QED) is 0.281. The fourth-order valence-corrected chi connectivity index (χ4v) is 9.58. The number of ether oxygens (including phenoxy) is 1. The highest BCUT2D eigenvalue weighted by molar-refractivity contribution is 5.96. The number of amides is 1. The predicted molar refractivity (Wildman–Crippen MR) is 167 cm³/mol. The fourth-order valence-electron chi connectivity index (χ4n) is 9.58. The Hall–Kier alpha value is -3.64. The second-order valence-electron chi connectivity index (χ2n) is 15.2. The van der Waals surface area contributed by atoms with Crippen molar-refractivity contribution in [3.05, 3.63) is 58.9 Å². The van der Waals surface area contributed by atoms with Crippen molar-refractivity contribution >= 4 is 11.6 Å². The van der Waals surface area contributed by atoms with E-state index in [0.29, 0.717) is 74.5 Å². The first kappa shape index (κ1) is 28.6. The highest BCUT2D eigenvalue weighted by Crippen LogP contribution is 2.59. The Morgan fingerprint density at radius 1 is 1.07 bits per heavy atom. The number of hydrogen-bond donors (Lipinski definition) is 0. The summed E-state index contributed by atoms with van der Waals surface area (Å²) in [5.41, 5.74) is 3.48. The monoisotopic (exact) mass is 621 g/mol. The van der Waals surface area contributed by atoms with Gasteiger partial charge in [-0.2, -0.15) is 10.2 Å². The molecule has 238 valence electrons. The number of hydrogen-bond acceptors (Lipinski definition) is 7. The van der Waals surface area contributed by atoms with Gasteiger partial charge in [-0.05, 0) is 93.7 Å². The highest BCUT2D eigenvalue weighted by atomic mass is 19.1. The lowest BCUT2D eigenvalue weighted by Gasteiger charge is -2.48. The summed E-state index contributed by atoms with van der Waals surface area (Å²) >= 11 is 0. The molecule has 0 saturated heterocycles. The Morgan fingerprint density at radius 2 is 1.96 bits per heavy atom. The average Bonchev–Trinajstić information content (AvgIpc) is 3.54. The Labute approximate surface area is 268 Å². The summed E-state index contributed by atoms with van der Waals surface area (Å²) in [7, 11) is 0. The van der Waals surface area contributed by atoms with E-state index >= 15 is 4.39 Å². The van der Waals surface area contributed by atoms with Gasteiger partial charge in [0.1, 0.15) is 11.7 Å². The summed E-state index contributed by atoms with van der Waals surface area (Å²) in [6.07, 6.45) is 10.7. The van der Waals surface area contributed by atoms with Crippen LogP contribution in [0.5, 0.6) is 0 Å². The number of carbonyl (C=O) groups excluding carboxylic acids is 1. The van der Waals surface area contributed by atoms with E-state index in [0.717, 1.165) is 85.6 Å². The zero-order valence-electron chi connectivity index (χ0n) is 26.2. The van der Waals surface area contributed by atoms with E-state index in [2.05, 4.69) is 11.2 Å². The maximum Gasteiger partial charge on any atom is 0.232 e. The largest absolute Gasteiger partial charge is 0.376 e. The first-order valence-corrected chi connectivity index (χ1v) is 17.4. The van der Waals surface area contributed by atoms with Crippen LogP contribution >= 0.6 is 0 Å². The number of anilines is 1. The molecule has 6 fully saturated rings. The molecule has 4 bridgehead atoms. The second kappa shape index (κ2) is 10.7. The van der Waals surface area contributed by atoms with E-state index in [1.165, 1.54) is 0 Å². The maximum atomic E-state index is 15.1. The molecule has 10 rings (SSSR count). The predicted octanol–water partition coefficient (Wildman–Crippen LogP) is 6.96. The van der Waals surface area contributed by atoms with Gasteiger partial charge in [0.15, 0.2) is 5.82 Å². The molecule has 46 heavy (non-hydrogen) atoms. The van der Waals surface area contributed by atoms with E-state index < -0.39 is 5.67 Å². The molecule has 6 aliphatic carbocycles. The Bertz CT molecular complexity index is 1740. The van der Waals surface area contributed by atoms with Gasteiger partial charge >= 0.3 is 0 Å². The standard InChI is InChI=1S/C37H40FN5O3/c38-37-16-28(17-37)30(18-37)34(44)43(29-5-1-3-23(14-29)32-26(19-39)13-27-21-45-12-9-31(27)40-32)20-25-8-11-36(10-2-4-24(25)15-36)35-41-33(42-46-35)22-6-7-22/h1,3,5,13-14,22,24-25,28,30H,2,4,6-12,15-18,20-21H2. The lowest BCUT2D eigenvalue weighted by molar-refractivity contribution is -0.123. The summed E-state index contributed by atoms with van der Waals surface area (Å²) < 4.78 is 26.6. The van der Waals surface area contributed by atoms with Gasteiger partial charge in [0.25, 0.3) is 0 Å². The molecule has 6 saturated carbocycles. The van der Waals surface area contributed by atoms with Gasteiger partial charge in [0, 0.05) is 52.7 Å². The molecular formula is C37H40FN5O3. The number of pyridine rings is 1. The second-order valence-corrected chi connectivity index (χ2v) is 15.2. The highest BCUT2D eigenvalue weighted by Gasteiger charge is 2.60. The van der Waals surface area contributed by atoms with Crippen molar-refractivity contribution in [2.24, 2.45) is 23.7 Å². The van der Waals surface area contributed by atoms with Gasteiger partial charge < -0.3 is 14.2 Å². The zero-order valence-corrected chi connectivity index (χ0v) is 26.2. The molecule has 0 spiro atoms. The van der Waals surface area contributed by atoms with E-state index in [1.807, 2.05) is 35.2 Å². The minimum absolute atomic E-state index is 0.0499. The lowest BCUT2D eigenvalue weighted by Crippen LogP contribution is -2.47. The van der Waals surface area contributed by atoms with Crippen molar-refractivity contribution in [2.75, 3.05) is 18.1 Å². The van der Waals surface area contributed by atoms with E-state index in [-0.39, 0.29) is 23.2 Å². The SMILES string of the molecule is N#Cc1cc2c(nc1-c1cccc(N(CC3CCC4(c5nc(C6CC6)no5)CCCC3C4)C(=O)C3CC4(F)CC3C4)c1)CCOC2. The minimum atomic E-state index is -1.17. The van der Waals surface area contributed by atoms with Gasteiger partial charge in [-0.15, -0.1) is 0 Å². The topological polar surface area (TPSA) is 105 Å². The van der Waals surface area contributed by atoms with Crippen LogP contribution in [-0.2, 0) is 28.0 Å². The number of benzene rings is 1. The number of nitriles is 1. The summed E-state index contributed by atoms with van der Waals surface area (Å²) in [4.78, 5) is 26.3. The maximum absolute atomic E-state index is 15.1. The number of halogens is 1. The van der Waals surface area contributed by atoms with Gasteiger partial charge in [-0.1, -0.05) is 30.1 Å². The first-order valence-electron chi connectivity index (χ1n) is 17.4. The summed E-state index contributed by atoms with van der Waals surface area (Å²) in [5.74, 6) is 2.87. The lowest BCUT2D eigenvalue weighted by atomic mass is 9.58. The number of nitrogens with zero attached hydrogens (tertiary/aromatic N) is 5. The molecule has 3 aromatic rings. The third-order valence-corrected chi connectivity index (χ3v) is 12.3. The molecule has 4 unspecified atom stereocenters. The molecule has 8 nitrogen and oxygen atoms in total. The summed E-state index contributed by atoms with van der Waals surface area (Å²) in [5, 5.41) is 14.4. The van der Waals surface area contributed by atoms with E-state index in [1.54, 1.807) is 0 Å². The summed E-state index contributed by atoms with van der Waals surface area (Å²) in [6, 6.07) is 12.2. The number of alkyl halides is 1. The number of rotatable bonds is 7. The van der Waals surface area contributed by atoms with Crippen molar-refractivity contribution in [1.29, 1.82) is 5.26 Å². The molecular weight excluding hydrogens is 581 g/mol. The van der Waals surface area contributed by atoms with Crippen LogP contribution in [0, 0.1) is 35.0 Å². The smallest absolute Gasteiger partial charge is 0.232 e. The number of carbonyl (C=O) groups is 1. The molecule has 9 heteroatoms. The van der Waals surface area contributed by atoms with Crippen LogP contribution in [0.25, 0.3) is 11.3 Å². The normalized spacial score (nSPS) is 32.7. The van der Waals surface area contributed by atoms with Crippen LogP contribution in [-0.4, -0.2) is 39.9 Å². The molecule has 1 aromatic carbocycles. The third-order valence-electron chi connectivity index (χ3n) is 12.3. The van der Waals surface area contributed by atoms with Gasteiger partial charge in [-0.25, -0.2) is 4.39 Å². The molecule has 7 aliphatic rings. The Balaban J connectivity index is 1.03. The Kier molecular flexibility index (Phi) is 6.64. The van der Waals surface area contributed by atoms with Crippen molar-refractivity contribution in [3.63, 3.8) is 0 Å². The fraction of sp³-hybridized carbons (Fsp3) is 0.595. The van der Waals surface area contributed by atoms with Crippen molar-refractivity contribution < 1.29 is 18.4 Å². The average molecular weight is 622 g/mol. The molecule has 1 amide bonds. The molecule has 0 radical (unpaired) electrons. The third kappa shape index (κ3) is 4.78. The van der Waals surface area contributed by atoms with E-state index in [4.69, 9.17) is 19.2 Å². The van der Waals surface area contributed by atoms with Gasteiger partial charge in [0.2, 0.25) is 11.8 Å². The van der Waals surface area contributed by atoms with Crippen molar-refractivity contribution in [2.45, 2.75) is 101 Å². The van der Waals surface area contributed by atoms with Crippen LogP contribution in [0.1, 0.15) is 105 Å². The van der Waals surface area contributed by atoms with Crippen LogP contribution in [0.2, 0.25) is 0 Å². The van der Waals surface area contributed by atoms with Crippen LogP contribution < -0.4 is 4.90 Å². The van der Waals surface area contributed by atoms with E-state index in [9.17, 15) is 10.1 Å². The first-order chi connectivity index (χ1) is 22.4. The van der Waals surface area contributed by atoms with Crippen LogP contribution in [0.3, 0.4) is 0 Å². The number of fused-ring (bicyclic) bond motifs is 4. The van der Waals surface area contributed by atoms with Gasteiger partial charge in [-0.3, -0.25) is 9.78 Å².